The van der Waals surface area contributed by atoms with E-state index in [0.717, 1.165) is 54.5 Å². The Morgan fingerprint density at radius 1 is 0.964 bits per heavy atom. The minimum Gasteiger partial charge on any atom is -0.444 e. The SMILES string of the molecule is O=C1N[C@]2(C(=O)NS(=O)(=O)C3CC3)C[C@H]2CCCCCCC[C@H](Nc2nc(-c3ccccc3)cs2)C(=O)N2C[C@H](OC(=O)N3Cc4cccc(Cl)c4C3)C[C@@H]12. The molecule has 2 aromatic carbocycles. The molecule has 3 aromatic rings. The molecule has 1 aromatic heterocycles. The number of rotatable bonds is 7. The Hall–Kier alpha value is -4.21. The summed E-state index contributed by atoms with van der Waals surface area (Å²) in [5, 5.41) is 8.77. The van der Waals surface area contributed by atoms with Gasteiger partial charge in [-0.3, -0.25) is 24.0 Å². The number of nitrogens with zero attached hydrogens (tertiary/aromatic N) is 3. The van der Waals surface area contributed by atoms with Crippen LogP contribution >= 0.6 is 22.9 Å². The number of hydrogen-bond donors (Lipinski definition) is 3. The van der Waals surface area contributed by atoms with Gasteiger partial charge >= 0.3 is 6.09 Å². The highest BCUT2D eigenvalue weighted by atomic mass is 35.5. The van der Waals surface area contributed by atoms with Crippen molar-refractivity contribution in [2.75, 3.05) is 11.9 Å². The summed E-state index contributed by atoms with van der Waals surface area (Å²) in [6.07, 6.45) is 5.37. The van der Waals surface area contributed by atoms with Crippen LogP contribution in [0.3, 0.4) is 0 Å². The van der Waals surface area contributed by atoms with Crippen molar-refractivity contribution in [2.45, 2.75) is 113 Å². The minimum atomic E-state index is -3.86. The standard InChI is InChI=1S/C39H45ClN6O7S2/c40-30-14-9-12-25-20-45(22-29(25)30)38(50)53-27-18-33-34(47)43-39(36(49)44-55(51,52)28-16-17-28)19-26(39)13-7-2-1-3-8-15-31(35(48)46(33)21-27)41-37-42-32(23-54-37)24-10-5-4-6-11-24/h4-6,9-12,14,23,26-28,31,33H,1-3,7-8,13,15-22H2,(H,41,42)(H,43,47)(H,44,49)/t26-,27-,31+,33+,39-/m1/s1. The molecule has 2 aliphatic carbocycles. The van der Waals surface area contributed by atoms with E-state index in [-0.39, 0.29) is 31.3 Å². The summed E-state index contributed by atoms with van der Waals surface area (Å²) < 4.78 is 34.0. The number of aromatic nitrogens is 1. The number of thiazole rings is 1. The van der Waals surface area contributed by atoms with Crippen LogP contribution in [0.1, 0.15) is 81.8 Å². The van der Waals surface area contributed by atoms with Crippen molar-refractivity contribution in [1.82, 2.24) is 24.8 Å². The van der Waals surface area contributed by atoms with Gasteiger partial charge in [-0.05, 0) is 55.2 Å². The maximum Gasteiger partial charge on any atom is 0.410 e. The number of hydrogen-bond acceptors (Lipinski definition) is 10. The quantitative estimate of drug-likeness (QED) is 0.276. The molecule has 292 valence electrons. The summed E-state index contributed by atoms with van der Waals surface area (Å²) in [6, 6.07) is 13.5. The lowest BCUT2D eigenvalue weighted by Gasteiger charge is -2.30. The third kappa shape index (κ3) is 8.06. The number of sulfonamides is 1. The zero-order valence-corrected chi connectivity index (χ0v) is 32.8. The molecule has 3 aliphatic heterocycles. The van der Waals surface area contributed by atoms with E-state index >= 15 is 0 Å². The van der Waals surface area contributed by atoms with Crippen molar-refractivity contribution in [3.05, 3.63) is 70.1 Å². The third-order valence-corrected chi connectivity index (χ3v) is 14.5. The summed E-state index contributed by atoms with van der Waals surface area (Å²) in [4.78, 5) is 64.1. The highest BCUT2D eigenvalue weighted by Gasteiger charge is 2.62. The summed E-state index contributed by atoms with van der Waals surface area (Å²) in [5.41, 5.74) is 2.10. The van der Waals surface area contributed by atoms with Gasteiger partial charge in [0, 0.05) is 28.9 Å². The molecule has 8 rings (SSSR count). The Bertz CT molecular complexity index is 2080. The second-order valence-corrected chi connectivity index (χ2v) is 18.7. The van der Waals surface area contributed by atoms with E-state index < -0.39 is 56.9 Å². The number of anilines is 1. The van der Waals surface area contributed by atoms with E-state index in [2.05, 4.69) is 15.4 Å². The summed E-state index contributed by atoms with van der Waals surface area (Å²) in [7, 11) is -3.86. The Labute approximate surface area is 329 Å². The second-order valence-electron chi connectivity index (χ2n) is 15.5. The molecule has 3 N–H and O–H groups in total. The van der Waals surface area contributed by atoms with Gasteiger partial charge in [-0.2, -0.15) is 0 Å². The van der Waals surface area contributed by atoms with Crippen LogP contribution in [0.25, 0.3) is 11.3 Å². The molecular weight excluding hydrogens is 764 g/mol. The minimum absolute atomic E-state index is 0.00965. The summed E-state index contributed by atoms with van der Waals surface area (Å²) in [6.45, 7) is 0.566. The summed E-state index contributed by atoms with van der Waals surface area (Å²) >= 11 is 7.79. The normalized spacial score (nSPS) is 27.1. The fourth-order valence-corrected chi connectivity index (χ4v) is 10.6. The van der Waals surface area contributed by atoms with Gasteiger partial charge in [0.15, 0.2) is 5.13 Å². The molecule has 5 atom stereocenters. The van der Waals surface area contributed by atoms with E-state index in [9.17, 15) is 27.6 Å². The maximum absolute atomic E-state index is 14.7. The zero-order valence-electron chi connectivity index (χ0n) is 30.4. The average Bonchev–Trinajstić information content (AvgIpc) is 3.97. The summed E-state index contributed by atoms with van der Waals surface area (Å²) in [5.74, 6) is -1.89. The monoisotopic (exact) mass is 808 g/mol. The number of amides is 4. The van der Waals surface area contributed by atoms with Crippen LogP contribution in [-0.2, 0) is 42.2 Å². The molecule has 13 nitrogen and oxygen atoms in total. The van der Waals surface area contributed by atoms with Gasteiger partial charge in [-0.25, -0.2) is 18.2 Å². The Morgan fingerprint density at radius 2 is 1.73 bits per heavy atom. The number of fused-ring (bicyclic) bond motifs is 3. The van der Waals surface area contributed by atoms with Crippen molar-refractivity contribution >= 4 is 61.9 Å². The van der Waals surface area contributed by atoms with Crippen molar-refractivity contribution < 1.29 is 32.3 Å². The maximum atomic E-state index is 14.7. The van der Waals surface area contributed by atoms with Crippen LogP contribution in [-0.4, -0.2) is 82.5 Å². The molecule has 16 heteroatoms. The van der Waals surface area contributed by atoms with Gasteiger partial charge in [0.2, 0.25) is 21.8 Å². The van der Waals surface area contributed by atoms with Crippen LogP contribution in [0.2, 0.25) is 5.02 Å². The van der Waals surface area contributed by atoms with Crippen LogP contribution < -0.4 is 15.4 Å². The molecule has 4 amide bonds. The first-order chi connectivity index (χ1) is 26.5. The van der Waals surface area contributed by atoms with Gasteiger partial charge in [-0.1, -0.05) is 86.2 Å². The molecule has 2 saturated carbocycles. The predicted octanol–water partition coefficient (Wildman–Crippen LogP) is 5.59. The molecule has 0 bridgehead atoms. The van der Waals surface area contributed by atoms with Gasteiger partial charge < -0.3 is 20.3 Å². The number of nitrogens with one attached hydrogen (secondary N) is 3. The van der Waals surface area contributed by atoms with Crippen LogP contribution in [0.15, 0.2) is 53.9 Å². The van der Waals surface area contributed by atoms with E-state index in [1.54, 1.807) is 11.0 Å². The smallest absolute Gasteiger partial charge is 0.410 e. The second kappa shape index (κ2) is 15.4. The van der Waals surface area contributed by atoms with Crippen molar-refractivity contribution in [2.24, 2.45) is 5.92 Å². The van der Waals surface area contributed by atoms with Gasteiger partial charge in [0.25, 0.3) is 5.91 Å². The topological polar surface area (TPSA) is 167 Å². The van der Waals surface area contributed by atoms with E-state index in [4.69, 9.17) is 21.3 Å². The third-order valence-electron chi connectivity index (χ3n) is 11.6. The average molecular weight is 809 g/mol. The van der Waals surface area contributed by atoms with E-state index in [0.29, 0.717) is 48.8 Å². The Morgan fingerprint density at radius 3 is 2.49 bits per heavy atom. The zero-order chi connectivity index (χ0) is 38.3. The van der Waals surface area contributed by atoms with Gasteiger partial charge in [0.05, 0.1) is 24.0 Å². The molecule has 0 spiro atoms. The fraction of sp³-hybridized carbons (Fsp3) is 0.513. The lowest BCUT2D eigenvalue weighted by molar-refractivity contribution is -0.140. The number of halogens is 1. The van der Waals surface area contributed by atoms with Crippen LogP contribution in [0.4, 0.5) is 9.93 Å². The number of benzene rings is 2. The molecule has 55 heavy (non-hydrogen) atoms. The lowest BCUT2D eigenvalue weighted by Crippen LogP contribution is -2.57. The first-order valence-corrected chi connectivity index (χ1v) is 22.0. The van der Waals surface area contributed by atoms with Crippen LogP contribution in [0.5, 0.6) is 0 Å². The highest BCUT2D eigenvalue weighted by Crippen LogP contribution is 2.48. The number of ether oxygens (including phenoxy) is 1. The Kier molecular flexibility index (Phi) is 10.5. The molecule has 5 aliphatic rings. The van der Waals surface area contributed by atoms with Crippen LogP contribution in [0, 0.1) is 5.92 Å². The van der Waals surface area contributed by atoms with E-state index in [1.807, 2.05) is 47.8 Å². The molecule has 0 radical (unpaired) electrons. The Balaban J connectivity index is 1.05. The predicted molar refractivity (Wildman–Crippen MR) is 207 cm³/mol. The molecule has 4 fully saturated rings. The fourth-order valence-electron chi connectivity index (χ4n) is 8.21. The molecule has 4 heterocycles. The van der Waals surface area contributed by atoms with Crippen molar-refractivity contribution in [3.8, 4) is 11.3 Å². The first kappa shape index (κ1) is 37.7. The van der Waals surface area contributed by atoms with Gasteiger partial charge in [0.1, 0.15) is 23.7 Å². The van der Waals surface area contributed by atoms with Crippen molar-refractivity contribution in [1.29, 1.82) is 0 Å². The highest BCUT2D eigenvalue weighted by molar-refractivity contribution is 7.91. The lowest BCUT2D eigenvalue weighted by atomic mass is 10.0. The van der Waals surface area contributed by atoms with E-state index in [1.165, 1.54) is 16.2 Å². The first-order valence-electron chi connectivity index (χ1n) is 19.2. The molecule has 2 saturated heterocycles. The largest absolute Gasteiger partial charge is 0.444 e. The molecule has 0 unspecified atom stereocenters. The molecular formula is C39H45ClN6O7S2. The van der Waals surface area contributed by atoms with Gasteiger partial charge in [-0.15, -0.1) is 11.3 Å². The number of carbonyl (C=O) groups is 4. The van der Waals surface area contributed by atoms with Crippen molar-refractivity contribution in [3.63, 3.8) is 0 Å². The number of carbonyl (C=O) groups excluding carboxylic acids is 4.